The summed E-state index contributed by atoms with van der Waals surface area (Å²) in [5, 5.41) is 0. The topological polar surface area (TPSA) is 58.6 Å². The number of carbonyl (C=O) groups is 1. The molecule has 140 valence electrons. The quantitative estimate of drug-likeness (QED) is 0.831. The van der Waals surface area contributed by atoms with Crippen LogP contribution in [0.1, 0.15) is 30.4 Å². The van der Waals surface area contributed by atoms with Crippen molar-refractivity contribution >= 4 is 17.6 Å². The van der Waals surface area contributed by atoms with Crippen LogP contribution in [0.2, 0.25) is 0 Å². The highest BCUT2D eigenvalue weighted by atomic mass is 16.6. The number of ether oxygens (including phenoxy) is 1. The lowest BCUT2D eigenvalue weighted by molar-refractivity contribution is 0.0832. The van der Waals surface area contributed by atoms with Crippen LogP contribution < -0.4 is 4.90 Å². The van der Waals surface area contributed by atoms with Gasteiger partial charge in [0, 0.05) is 38.1 Å². The van der Waals surface area contributed by atoms with E-state index in [0.29, 0.717) is 12.6 Å². The fraction of sp³-hybridized carbons (Fsp3) is 0.381. The summed E-state index contributed by atoms with van der Waals surface area (Å²) in [5.41, 5.74) is 3.26. The molecular weight excluding hydrogens is 340 g/mol. The number of hydrogen-bond donors (Lipinski definition) is 0. The maximum atomic E-state index is 12.6. The van der Waals surface area contributed by atoms with Crippen LogP contribution in [0.25, 0.3) is 5.57 Å². The summed E-state index contributed by atoms with van der Waals surface area (Å²) < 4.78 is 5.56. The van der Waals surface area contributed by atoms with Crippen molar-refractivity contribution in [3.63, 3.8) is 0 Å². The first-order valence-corrected chi connectivity index (χ1v) is 9.31. The van der Waals surface area contributed by atoms with Crippen LogP contribution in [0.4, 0.5) is 10.7 Å². The Morgan fingerprint density at radius 1 is 1.19 bits per heavy atom. The molecule has 0 spiro atoms. The number of hydrogen-bond acceptors (Lipinski definition) is 5. The van der Waals surface area contributed by atoms with Gasteiger partial charge in [-0.2, -0.15) is 0 Å². The average molecular weight is 364 g/mol. The highest BCUT2D eigenvalue weighted by Gasteiger charge is 2.40. The second-order valence-corrected chi connectivity index (χ2v) is 7.31. The van der Waals surface area contributed by atoms with Crippen LogP contribution in [0.15, 0.2) is 48.8 Å². The molecule has 1 amide bonds. The number of benzene rings is 1. The van der Waals surface area contributed by atoms with Gasteiger partial charge in [0.05, 0.1) is 6.04 Å². The highest BCUT2D eigenvalue weighted by Crippen LogP contribution is 2.38. The molecule has 0 radical (unpaired) electrons. The van der Waals surface area contributed by atoms with Crippen LogP contribution in [-0.4, -0.2) is 47.1 Å². The van der Waals surface area contributed by atoms with Crippen LogP contribution in [-0.2, 0) is 11.3 Å². The van der Waals surface area contributed by atoms with E-state index in [1.807, 2.05) is 66.6 Å². The minimum Gasteiger partial charge on any atom is -0.445 e. The molecule has 0 N–H and O–H groups in total. The standard InChI is InChI=1S/C21H24N4O2/c1-24(2)20-22-12-17(13-23-20)16-10-18-8-9-19(11-16)25(18)21(26)27-14-15-6-4-3-5-7-15/h3-7,10,12-13,18-19H,8-9,11,14H2,1-2H3. The van der Waals surface area contributed by atoms with Gasteiger partial charge in [-0.05, 0) is 30.4 Å². The van der Waals surface area contributed by atoms with Gasteiger partial charge in [-0.1, -0.05) is 36.4 Å². The van der Waals surface area contributed by atoms with Gasteiger partial charge < -0.3 is 9.64 Å². The maximum absolute atomic E-state index is 12.6. The first-order valence-electron chi connectivity index (χ1n) is 9.31. The largest absolute Gasteiger partial charge is 0.445 e. The predicted molar refractivity (Wildman–Crippen MR) is 104 cm³/mol. The summed E-state index contributed by atoms with van der Waals surface area (Å²) in [6, 6.07) is 10.1. The molecule has 6 nitrogen and oxygen atoms in total. The lowest BCUT2D eigenvalue weighted by Crippen LogP contribution is -2.43. The van der Waals surface area contributed by atoms with Crippen LogP contribution in [0, 0.1) is 0 Å². The molecule has 2 aliphatic heterocycles. The average Bonchev–Trinajstić information content (AvgIpc) is 2.96. The lowest BCUT2D eigenvalue weighted by atomic mass is 9.97. The van der Waals surface area contributed by atoms with Crippen molar-refractivity contribution in [3.8, 4) is 0 Å². The smallest absolute Gasteiger partial charge is 0.410 e. The van der Waals surface area contributed by atoms with Gasteiger partial charge in [0.25, 0.3) is 0 Å². The number of anilines is 1. The third-order valence-corrected chi connectivity index (χ3v) is 5.22. The molecule has 27 heavy (non-hydrogen) atoms. The highest BCUT2D eigenvalue weighted by molar-refractivity contribution is 5.74. The van der Waals surface area contributed by atoms with Gasteiger partial charge in [0.2, 0.25) is 5.95 Å². The van der Waals surface area contributed by atoms with Crippen molar-refractivity contribution in [3.05, 3.63) is 59.9 Å². The Morgan fingerprint density at radius 3 is 2.59 bits per heavy atom. The second-order valence-electron chi connectivity index (χ2n) is 7.31. The molecule has 3 heterocycles. The minimum atomic E-state index is -0.221. The fourth-order valence-electron chi connectivity index (χ4n) is 3.84. The van der Waals surface area contributed by atoms with Gasteiger partial charge in [-0.15, -0.1) is 0 Å². The molecule has 0 saturated carbocycles. The summed E-state index contributed by atoms with van der Waals surface area (Å²) in [6.07, 6.45) is 8.50. The second kappa shape index (κ2) is 7.39. The number of aromatic nitrogens is 2. The van der Waals surface area contributed by atoms with Crippen molar-refractivity contribution in [2.24, 2.45) is 0 Å². The Labute approximate surface area is 159 Å². The molecule has 0 aliphatic carbocycles. The van der Waals surface area contributed by atoms with Gasteiger partial charge in [0.1, 0.15) is 6.61 Å². The van der Waals surface area contributed by atoms with Crippen molar-refractivity contribution in [1.29, 1.82) is 0 Å². The predicted octanol–water partition coefficient (Wildman–Crippen LogP) is 3.50. The summed E-state index contributed by atoms with van der Waals surface area (Å²) in [4.78, 5) is 25.2. The van der Waals surface area contributed by atoms with Crippen LogP contribution in [0.3, 0.4) is 0 Å². The number of rotatable bonds is 4. The molecular formula is C21H24N4O2. The normalized spacial score (nSPS) is 21.0. The molecule has 1 aromatic heterocycles. The molecule has 2 aromatic rings. The molecule has 2 unspecified atom stereocenters. The van der Waals surface area contributed by atoms with Crippen LogP contribution in [0.5, 0.6) is 0 Å². The van der Waals surface area contributed by atoms with E-state index >= 15 is 0 Å². The third kappa shape index (κ3) is 3.65. The Hall–Kier alpha value is -2.89. The van der Waals surface area contributed by atoms with E-state index in [2.05, 4.69) is 16.0 Å². The zero-order valence-corrected chi connectivity index (χ0v) is 15.7. The first-order chi connectivity index (χ1) is 13.1. The lowest BCUT2D eigenvalue weighted by Gasteiger charge is -2.33. The fourth-order valence-corrected chi connectivity index (χ4v) is 3.84. The zero-order chi connectivity index (χ0) is 18.8. The summed E-state index contributed by atoms with van der Waals surface area (Å²) >= 11 is 0. The molecule has 4 rings (SSSR count). The first kappa shape index (κ1) is 17.5. The Balaban J connectivity index is 1.45. The van der Waals surface area contributed by atoms with E-state index in [0.717, 1.165) is 30.4 Å². The maximum Gasteiger partial charge on any atom is 0.410 e. The number of amides is 1. The Morgan fingerprint density at radius 2 is 1.93 bits per heavy atom. The van der Waals surface area contributed by atoms with E-state index in [1.165, 1.54) is 5.57 Å². The van der Waals surface area contributed by atoms with E-state index in [9.17, 15) is 4.79 Å². The Kier molecular flexibility index (Phi) is 4.79. The van der Waals surface area contributed by atoms with E-state index in [4.69, 9.17) is 4.74 Å². The van der Waals surface area contributed by atoms with E-state index < -0.39 is 0 Å². The monoisotopic (exact) mass is 364 g/mol. The third-order valence-electron chi connectivity index (χ3n) is 5.22. The van der Waals surface area contributed by atoms with Crippen molar-refractivity contribution in [2.45, 2.75) is 38.0 Å². The minimum absolute atomic E-state index is 0.0931. The van der Waals surface area contributed by atoms with Gasteiger partial charge >= 0.3 is 6.09 Å². The Bertz CT molecular complexity index is 833. The molecule has 2 bridgehead atoms. The molecule has 1 fully saturated rings. The van der Waals surface area contributed by atoms with E-state index in [1.54, 1.807) is 0 Å². The molecule has 6 heteroatoms. The number of fused-ring (bicyclic) bond motifs is 2. The number of carbonyl (C=O) groups excluding carboxylic acids is 1. The van der Waals surface area contributed by atoms with Crippen molar-refractivity contribution in [1.82, 2.24) is 14.9 Å². The molecule has 2 aliphatic rings. The molecule has 1 saturated heterocycles. The summed E-state index contributed by atoms with van der Waals surface area (Å²) in [6.45, 7) is 0.312. The zero-order valence-electron chi connectivity index (χ0n) is 15.7. The van der Waals surface area contributed by atoms with Crippen molar-refractivity contribution < 1.29 is 9.53 Å². The van der Waals surface area contributed by atoms with Crippen LogP contribution >= 0.6 is 0 Å². The van der Waals surface area contributed by atoms with Crippen molar-refractivity contribution in [2.75, 3.05) is 19.0 Å². The molecule has 1 aromatic carbocycles. The summed E-state index contributed by atoms with van der Waals surface area (Å²) in [5.74, 6) is 0.698. The molecule has 2 atom stereocenters. The van der Waals surface area contributed by atoms with E-state index in [-0.39, 0.29) is 18.2 Å². The number of nitrogens with zero attached hydrogens (tertiary/aromatic N) is 4. The van der Waals surface area contributed by atoms with Gasteiger partial charge in [0.15, 0.2) is 0 Å². The van der Waals surface area contributed by atoms with Gasteiger partial charge in [-0.25, -0.2) is 14.8 Å². The SMILES string of the molecule is CN(C)c1ncc(C2=CC3CCC(C2)N3C(=O)OCc2ccccc2)cn1. The summed E-state index contributed by atoms with van der Waals surface area (Å²) in [7, 11) is 3.85. The van der Waals surface area contributed by atoms with Gasteiger partial charge in [-0.3, -0.25) is 4.90 Å².